The van der Waals surface area contributed by atoms with Crippen molar-refractivity contribution in [1.82, 2.24) is 24.2 Å². The summed E-state index contributed by atoms with van der Waals surface area (Å²) in [6.07, 6.45) is 2.72. The molecule has 2 heterocycles. The van der Waals surface area contributed by atoms with Crippen LogP contribution in [0.5, 0.6) is 0 Å². The van der Waals surface area contributed by atoms with Crippen LogP contribution in [-0.4, -0.2) is 37.2 Å². The molecule has 2 aromatic rings. The van der Waals surface area contributed by atoms with Gasteiger partial charge in [-0.1, -0.05) is 13.8 Å². The van der Waals surface area contributed by atoms with Gasteiger partial charge >= 0.3 is 6.55 Å². The maximum Gasteiger partial charge on any atom is 0.319 e. The summed E-state index contributed by atoms with van der Waals surface area (Å²) in [6, 6.07) is 0. The molecule has 138 valence electrons. The van der Waals surface area contributed by atoms with E-state index in [0.29, 0.717) is 5.92 Å². The highest BCUT2D eigenvalue weighted by Crippen LogP contribution is 2.17. The molecule has 2 rings (SSSR count). The fourth-order valence-electron chi connectivity index (χ4n) is 2.74. The smallest absolute Gasteiger partial charge is 0.319 e. The first-order chi connectivity index (χ1) is 11.7. The number of aromatic nitrogens is 4. The Hall–Kier alpha value is -2.25. The molecule has 0 aliphatic heterocycles. The standard InChI is InChI=1S/C17H25F2N5O/c1-11(2)9-24-13(4)14(12(3)21-24)8-16(25)22(5)10-15-20-6-7-23(15)17(18)19/h6-7,11,17H,8-10H2,1-5H3. The van der Waals surface area contributed by atoms with Gasteiger partial charge in [0.05, 0.1) is 18.7 Å². The van der Waals surface area contributed by atoms with Crippen LogP contribution in [0.25, 0.3) is 0 Å². The van der Waals surface area contributed by atoms with E-state index < -0.39 is 6.55 Å². The van der Waals surface area contributed by atoms with Crippen LogP contribution in [0, 0.1) is 19.8 Å². The highest BCUT2D eigenvalue weighted by atomic mass is 19.3. The Morgan fingerprint density at radius 3 is 2.60 bits per heavy atom. The number of likely N-dealkylation sites (N-methyl/N-ethyl adjacent to an activating group) is 1. The van der Waals surface area contributed by atoms with Crippen molar-refractivity contribution in [3.05, 3.63) is 35.2 Å². The van der Waals surface area contributed by atoms with Gasteiger partial charge in [0.2, 0.25) is 5.91 Å². The lowest BCUT2D eigenvalue weighted by atomic mass is 10.1. The van der Waals surface area contributed by atoms with Crippen molar-refractivity contribution in [3.8, 4) is 0 Å². The summed E-state index contributed by atoms with van der Waals surface area (Å²) in [6.45, 7) is 6.22. The summed E-state index contributed by atoms with van der Waals surface area (Å²) < 4.78 is 28.4. The largest absolute Gasteiger partial charge is 0.338 e. The average Bonchev–Trinajstić information content (AvgIpc) is 3.07. The number of carbonyl (C=O) groups excluding carboxylic acids is 1. The second kappa shape index (κ2) is 7.76. The summed E-state index contributed by atoms with van der Waals surface area (Å²) in [4.78, 5) is 17.8. The number of hydrogen-bond acceptors (Lipinski definition) is 3. The number of halogens is 2. The molecule has 0 saturated carbocycles. The molecule has 6 nitrogen and oxygen atoms in total. The molecular weight excluding hydrogens is 328 g/mol. The van der Waals surface area contributed by atoms with E-state index in [-0.39, 0.29) is 24.7 Å². The van der Waals surface area contributed by atoms with Crippen LogP contribution in [0.3, 0.4) is 0 Å². The molecule has 2 aromatic heterocycles. The van der Waals surface area contributed by atoms with Crippen molar-refractivity contribution < 1.29 is 13.6 Å². The van der Waals surface area contributed by atoms with Crippen molar-refractivity contribution in [2.75, 3.05) is 7.05 Å². The number of nitrogens with zero attached hydrogens (tertiary/aromatic N) is 5. The van der Waals surface area contributed by atoms with E-state index in [2.05, 4.69) is 23.9 Å². The number of imidazole rings is 1. The number of carbonyl (C=O) groups is 1. The van der Waals surface area contributed by atoms with Gasteiger partial charge in [-0.15, -0.1) is 0 Å². The first-order valence-corrected chi connectivity index (χ1v) is 8.27. The highest BCUT2D eigenvalue weighted by molar-refractivity contribution is 5.79. The number of rotatable bonds is 7. The van der Waals surface area contributed by atoms with Crippen molar-refractivity contribution in [1.29, 1.82) is 0 Å². The third kappa shape index (κ3) is 4.43. The van der Waals surface area contributed by atoms with Crippen LogP contribution < -0.4 is 0 Å². The molecule has 0 bridgehead atoms. The lowest BCUT2D eigenvalue weighted by Gasteiger charge is -2.18. The lowest BCUT2D eigenvalue weighted by Crippen LogP contribution is -2.29. The zero-order valence-corrected chi connectivity index (χ0v) is 15.3. The van der Waals surface area contributed by atoms with E-state index in [9.17, 15) is 13.6 Å². The zero-order valence-electron chi connectivity index (χ0n) is 15.3. The topological polar surface area (TPSA) is 56.0 Å². The van der Waals surface area contributed by atoms with Crippen LogP contribution in [-0.2, 0) is 24.3 Å². The Bertz CT molecular complexity index is 735. The molecule has 0 atom stereocenters. The molecule has 0 spiro atoms. The molecule has 0 aromatic carbocycles. The van der Waals surface area contributed by atoms with Crippen molar-refractivity contribution in [2.45, 2.75) is 53.8 Å². The average molecular weight is 353 g/mol. The Morgan fingerprint density at radius 1 is 1.32 bits per heavy atom. The Morgan fingerprint density at radius 2 is 2.00 bits per heavy atom. The summed E-state index contributed by atoms with van der Waals surface area (Å²) in [7, 11) is 1.59. The molecule has 0 saturated heterocycles. The van der Waals surface area contributed by atoms with E-state index in [1.54, 1.807) is 7.05 Å². The summed E-state index contributed by atoms with van der Waals surface area (Å²) in [5.41, 5.74) is 2.70. The highest BCUT2D eigenvalue weighted by Gasteiger charge is 2.20. The third-order valence-corrected chi connectivity index (χ3v) is 4.16. The van der Waals surface area contributed by atoms with E-state index in [0.717, 1.165) is 28.1 Å². The monoisotopic (exact) mass is 353 g/mol. The minimum absolute atomic E-state index is 0.0361. The predicted octanol–water partition coefficient (Wildman–Crippen LogP) is 2.95. The van der Waals surface area contributed by atoms with Gasteiger partial charge in [0, 0.05) is 37.2 Å². The van der Waals surface area contributed by atoms with Crippen molar-refractivity contribution in [3.63, 3.8) is 0 Å². The van der Waals surface area contributed by atoms with Crippen LogP contribution in [0.1, 0.15) is 43.2 Å². The van der Waals surface area contributed by atoms with Crippen LogP contribution in [0.4, 0.5) is 8.78 Å². The molecule has 0 N–H and O–H groups in total. The maximum atomic E-state index is 12.9. The maximum absolute atomic E-state index is 12.9. The quantitative estimate of drug-likeness (QED) is 0.769. The SMILES string of the molecule is Cc1nn(CC(C)C)c(C)c1CC(=O)N(C)Cc1nccn1C(F)F. The van der Waals surface area contributed by atoms with E-state index in [1.807, 2.05) is 18.5 Å². The third-order valence-electron chi connectivity index (χ3n) is 4.16. The molecule has 0 unspecified atom stereocenters. The molecule has 0 aliphatic carbocycles. The fraction of sp³-hybridized carbons (Fsp3) is 0.588. The number of alkyl halides is 2. The van der Waals surface area contributed by atoms with Gasteiger partial charge in [-0.2, -0.15) is 13.9 Å². The van der Waals surface area contributed by atoms with Crippen molar-refractivity contribution in [2.24, 2.45) is 5.92 Å². The number of hydrogen-bond donors (Lipinski definition) is 0. The van der Waals surface area contributed by atoms with Crippen LogP contribution >= 0.6 is 0 Å². The van der Waals surface area contributed by atoms with Gasteiger partial charge in [0.15, 0.2) is 0 Å². The first-order valence-electron chi connectivity index (χ1n) is 8.27. The van der Waals surface area contributed by atoms with E-state index in [4.69, 9.17) is 0 Å². The van der Waals surface area contributed by atoms with Gasteiger partial charge in [-0.05, 0) is 19.8 Å². The van der Waals surface area contributed by atoms with E-state index >= 15 is 0 Å². The Kier molecular flexibility index (Phi) is 5.92. The normalized spacial score (nSPS) is 11.6. The van der Waals surface area contributed by atoms with Gasteiger partial charge < -0.3 is 4.90 Å². The number of amides is 1. The van der Waals surface area contributed by atoms with Gasteiger partial charge in [-0.25, -0.2) is 4.98 Å². The minimum Gasteiger partial charge on any atom is -0.338 e. The second-order valence-corrected chi connectivity index (χ2v) is 6.68. The van der Waals surface area contributed by atoms with Crippen LogP contribution in [0.2, 0.25) is 0 Å². The second-order valence-electron chi connectivity index (χ2n) is 6.68. The summed E-state index contributed by atoms with van der Waals surface area (Å²) in [5, 5.41) is 4.51. The van der Waals surface area contributed by atoms with Gasteiger partial charge in [-0.3, -0.25) is 14.0 Å². The molecule has 25 heavy (non-hydrogen) atoms. The summed E-state index contributed by atoms with van der Waals surface area (Å²) >= 11 is 0. The molecule has 0 fully saturated rings. The first kappa shape index (κ1) is 19.1. The van der Waals surface area contributed by atoms with E-state index in [1.165, 1.54) is 17.3 Å². The van der Waals surface area contributed by atoms with Crippen molar-refractivity contribution >= 4 is 5.91 Å². The number of aryl methyl sites for hydroxylation is 1. The fourth-order valence-corrected chi connectivity index (χ4v) is 2.74. The molecular formula is C17H25F2N5O. The van der Waals surface area contributed by atoms with Crippen LogP contribution in [0.15, 0.2) is 12.4 Å². The van der Waals surface area contributed by atoms with Gasteiger partial charge in [0.1, 0.15) is 5.82 Å². The molecule has 0 aliphatic rings. The Balaban J connectivity index is 2.09. The lowest BCUT2D eigenvalue weighted by molar-refractivity contribution is -0.129. The molecule has 8 heteroatoms. The predicted molar refractivity (Wildman–Crippen MR) is 90.2 cm³/mol. The zero-order chi connectivity index (χ0) is 18.7. The summed E-state index contributed by atoms with van der Waals surface area (Å²) in [5.74, 6) is 0.464. The van der Waals surface area contributed by atoms with Gasteiger partial charge in [0.25, 0.3) is 0 Å². The molecule has 0 radical (unpaired) electrons. The Labute approximate surface area is 146 Å². The molecule has 1 amide bonds. The minimum atomic E-state index is -2.67.